The van der Waals surface area contributed by atoms with Gasteiger partial charge in [-0.3, -0.25) is 4.79 Å². The number of carbonyl (C=O) groups excluding carboxylic acids is 2. The molecule has 0 N–H and O–H groups in total. The van der Waals surface area contributed by atoms with E-state index in [2.05, 4.69) is 5.16 Å². The van der Waals surface area contributed by atoms with Crippen LogP contribution >= 0.6 is 0 Å². The van der Waals surface area contributed by atoms with Crippen molar-refractivity contribution in [2.75, 3.05) is 21.2 Å². The third kappa shape index (κ3) is 4.78. The maximum Gasteiger partial charge on any atom is 0.339 e. The molecule has 0 spiro atoms. The number of esters is 1. The zero-order valence-corrected chi connectivity index (χ0v) is 16.4. The Hall–Kier alpha value is -3.03. The summed E-state index contributed by atoms with van der Waals surface area (Å²) in [4.78, 5) is 25.5. The quantitative estimate of drug-likeness (QED) is 0.686. The number of hydrogen-bond donors (Lipinski definition) is 0. The average Bonchev–Trinajstić information content (AvgIpc) is 2.96. The molecule has 0 unspecified atom stereocenters. The third-order valence-electron chi connectivity index (χ3n) is 4.02. The van der Waals surface area contributed by atoms with Crippen LogP contribution in [0.4, 0.5) is 0 Å². The van der Waals surface area contributed by atoms with Crippen LogP contribution in [0, 0.1) is 13.8 Å². The molecule has 0 aliphatic heterocycles. The Bertz CT molecular complexity index is 808. The van der Waals surface area contributed by atoms with Crippen molar-refractivity contribution in [2.45, 2.75) is 33.5 Å². The van der Waals surface area contributed by atoms with Crippen molar-refractivity contribution in [1.82, 2.24) is 10.1 Å². The lowest BCUT2D eigenvalue weighted by molar-refractivity contribution is -0.137. The Kier molecular flexibility index (Phi) is 6.44. The van der Waals surface area contributed by atoms with Crippen LogP contribution in [0.1, 0.15) is 34.3 Å². The number of rotatable bonds is 7. The smallest absolute Gasteiger partial charge is 0.339 e. The number of nitrogens with zero attached hydrogens (tertiary/aromatic N) is 2. The zero-order valence-electron chi connectivity index (χ0n) is 16.4. The summed E-state index contributed by atoms with van der Waals surface area (Å²) in [5, 5.41) is 3.88. The average molecular weight is 376 g/mol. The van der Waals surface area contributed by atoms with E-state index in [9.17, 15) is 9.59 Å². The van der Waals surface area contributed by atoms with Crippen LogP contribution in [-0.4, -0.2) is 49.2 Å². The molecule has 1 heterocycles. The molecule has 0 radical (unpaired) electrons. The summed E-state index contributed by atoms with van der Waals surface area (Å²) >= 11 is 0. The molecule has 2 aromatic rings. The third-order valence-corrected chi connectivity index (χ3v) is 4.02. The number of amides is 1. The SMILES string of the molecule is COc1cc(C(=O)O[C@H](C)C(=O)N(C)C)ccc1OCc1c(C)noc1C. The minimum Gasteiger partial charge on any atom is -0.493 e. The van der Waals surface area contributed by atoms with Gasteiger partial charge in [-0.25, -0.2) is 4.79 Å². The van der Waals surface area contributed by atoms with Gasteiger partial charge in [-0.15, -0.1) is 0 Å². The summed E-state index contributed by atoms with van der Waals surface area (Å²) in [6, 6.07) is 4.68. The molecule has 0 fully saturated rings. The number of aryl methyl sites for hydroxylation is 2. The molecule has 1 aromatic heterocycles. The van der Waals surface area contributed by atoms with Gasteiger partial charge in [0.25, 0.3) is 5.91 Å². The molecule has 146 valence electrons. The van der Waals surface area contributed by atoms with E-state index < -0.39 is 12.1 Å². The van der Waals surface area contributed by atoms with E-state index in [1.54, 1.807) is 26.2 Å². The molecule has 0 bridgehead atoms. The number of ether oxygens (including phenoxy) is 3. The first kappa shape index (κ1) is 20.3. The topological polar surface area (TPSA) is 91.1 Å². The lowest BCUT2D eigenvalue weighted by Gasteiger charge is -2.17. The molecule has 0 aliphatic carbocycles. The molecule has 2 rings (SSSR count). The van der Waals surface area contributed by atoms with Crippen LogP contribution in [0.2, 0.25) is 0 Å². The van der Waals surface area contributed by atoms with E-state index in [0.29, 0.717) is 17.3 Å². The van der Waals surface area contributed by atoms with Crippen LogP contribution in [0.25, 0.3) is 0 Å². The second-order valence-electron chi connectivity index (χ2n) is 6.24. The summed E-state index contributed by atoms with van der Waals surface area (Å²) < 4.78 is 21.4. The van der Waals surface area contributed by atoms with E-state index in [4.69, 9.17) is 18.7 Å². The van der Waals surface area contributed by atoms with E-state index in [-0.39, 0.29) is 18.1 Å². The minimum atomic E-state index is -0.881. The van der Waals surface area contributed by atoms with Crippen molar-refractivity contribution in [2.24, 2.45) is 0 Å². The number of aromatic nitrogens is 1. The van der Waals surface area contributed by atoms with Crippen molar-refractivity contribution in [1.29, 1.82) is 0 Å². The van der Waals surface area contributed by atoms with Crippen molar-refractivity contribution in [3.8, 4) is 11.5 Å². The van der Waals surface area contributed by atoms with Gasteiger partial charge in [-0.2, -0.15) is 0 Å². The van der Waals surface area contributed by atoms with E-state index in [0.717, 1.165) is 11.3 Å². The van der Waals surface area contributed by atoms with Gasteiger partial charge >= 0.3 is 5.97 Å². The molecule has 8 heteroatoms. The first-order valence-electron chi connectivity index (χ1n) is 8.39. The van der Waals surface area contributed by atoms with Gasteiger partial charge in [-0.05, 0) is 39.0 Å². The monoisotopic (exact) mass is 376 g/mol. The molecule has 0 saturated heterocycles. The van der Waals surface area contributed by atoms with Gasteiger partial charge in [0.15, 0.2) is 17.6 Å². The summed E-state index contributed by atoms with van der Waals surface area (Å²) in [5.41, 5.74) is 1.87. The van der Waals surface area contributed by atoms with Gasteiger partial charge in [0.05, 0.1) is 23.9 Å². The van der Waals surface area contributed by atoms with Gasteiger partial charge in [0.1, 0.15) is 12.4 Å². The number of benzene rings is 1. The standard InChI is InChI=1S/C19H24N2O6/c1-11-15(12(2)27-20-11)10-25-16-8-7-14(9-17(16)24-6)19(23)26-13(3)18(22)21(4)5/h7-9,13H,10H2,1-6H3/t13-/m1/s1. The van der Waals surface area contributed by atoms with Gasteiger partial charge in [-0.1, -0.05) is 5.16 Å². The highest BCUT2D eigenvalue weighted by molar-refractivity contribution is 5.92. The summed E-state index contributed by atoms with van der Waals surface area (Å²) in [6.45, 7) is 5.43. The number of likely N-dealkylation sites (N-methyl/N-ethyl adjacent to an activating group) is 1. The Labute approximate surface area is 158 Å². The number of methoxy groups -OCH3 is 1. The molecule has 0 aliphatic rings. The largest absolute Gasteiger partial charge is 0.493 e. The zero-order chi connectivity index (χ0) is 20.1. The van der Waals surface area contributed by atoms with Crippen molar-refractivity contribution >= 4 is 11.9 Å². The van der Waals surface area contributed by atoms with Crippen molar-refractivity contribution in [3.05, 3.63) is 40.8 Å². The molecule has 1 aromatic carbocycles. The fourth-order valence-corrected chi connectivity index (χ4v) is 2.41. The maximum atomic E-state index is 12.3. The van der Waals surface area contributed by atoms with Crippen LogP contribution < -0.4 is 9.47 Å². The van der Waals surface area contributed by atoms with Crippen LogP contribution in [-0.2, 0) is 16.1 Å². The maximum absolute atomic E-state index is 12.3. The minimum absolute atomic E-state index is 0.259. The first-order chi connectivity index (χ1) is 12.7. The Morgan fingerprint density at radius 3 is 2.48 bits per heavy atom. The van der Waals surface area contributed by atoms with E-state index >= 15 is 0 Å². The first-order valence-corrected chi connectivity index (χ1v) is 8.39. The number of carbonyl (C=O) groups is 2. The molecular weight excluding hydrogens is 352 g/mol. The fraction of sp³-hybridized carbons (Fsp3) is 0.421. The molecule has 1 amide bonds. The lowest BCUT2D eigenvalue weighted by Crippen LogP contribution is -2.34. The normalized spacial score (nSPS) is 11.6. The van der Waals surface area contributed by atoms with E-state index in [1.807, 2.05) is 13.8 Å². The highest BCUT2D eigenvalue weighted by Gasteiger charge is 2.21. The van der Waals surface area contributed by atoms with Crippen LogP contribution in [0.15, 0.2) is 22.7 Å². The van der Waals surface area contributed by atoms with Crippen LogP contribution in [0.5, 0.6) is 11.5 Å². The highest BCUT2D eigenvalue weighted by atomic mass is 16.5. The Balaban J connectivity index is 2.11. The second-order valence-corrected chi connectivity index (χ2v) is 6.24. The van der Waals surface area contributed by atoms with E-state index in [1.165, 1.54) is 25.0 Å². The number of hydrogen-bond acceptors (Lipinski definition) is 7. The molecule has 1 atom stereocenters. The van der Waals surface area contributed by atoms with Crippen molar-refractivity contribution in [3.63, 3.8) is 0 Å². The molecule has 0 saturated carbocycles. The summed E-state index contributed by atoms with van der Waals surface area (Å²) in [5.74, 6) is 0.614. The predicted molar refractivity (Wildman–Crippen MR) is 96.9 cm³/mol. The predicted octanol–water partition coefficient (Wildman–Crippen LogP) is 2.51. The second kappa shape index (κ2) is 8.57. The summed E-state index contributed by atoms with van der Waals surface area (Å²) in [6.07, 6.45) is -0.881. The molecule has 27 heavy (non-hydrogen) atoms. The Morgan fingerprint density at radius 2 is 1.93 bits per heavy atom. The highest BCUT2D eigenvalue weighted by Crippen LogP contribution is 2.30. The molecular formula is C19H24N2O6. The van der Waals surface area contributed by atoms with Crippen LogP contribution in [0.3, 0.4) is 0 Å². The molecule has 8 nitrogen and oxygen atoms in total. The summed E-state index contributed by atoms with van der Waals surface area (Å²) in [7, 11) is 4.67. The van der Waals surface area contributed by atoms with Gasteiger partial charge < -0.3 is 23.6 Å². The lowest BCUT2D eigenvalue weighted by atomic mass is 10.2. The van der Waals surface area contributed by atoms with Gasteiger partial charge in [0.2, 0.25) is 0 Å². The fourth-order valence-electron chi connectivity index (χ4n) is 2.41. The van der Waals surface area contributed by atoms with Crippen molar-refractivity contribution < 1.29 is 28.3 Å². The Morgan fingerprint density at radius 1 is 1.22 bits per heavy atom. The van der Waals surface area contributed by atoms with Gasteiger partial charge in [0, 0.05) is 14.1 Å².